The first-order valence-electron chi connectivity index (χ1n) is 7.33. The molecule has 0 fully saturated rings. The Morgan fingerprint density at radius 2 is 1.76 bits per heavy atom. The molecule has 0 atom stereocenters. The third-order valence-corrected chi connectivity index (χ3v) is 5.79. The molecule has 0 radical (unpaired) electrons. The van der Waals surface area contributed by atoms with Crippen molar-refractivity contribution < 1.29 is 4.79 Å². The number of aromatic nitrogens is 2. The van der Waals surface area contributed by atoms with E-state index in [1.807, 2.05) is 30.3 Å². The highest BCUT2D eigenvalue weighted by atomic mass is 35.5. The highest BCUT2D eigenvalue weighted by Crippen LogP contribution is 2.29. The molecule has 0 aliphatic rings. The lowest BCUT2D eigenvalue weighted by Crippen LogP contribution is -2.14. The van der Waals surface area contributed by atoms with Crippen LogP contribution in [0, 0.1) is 0 Å². The Labute approximate surface area is 163 Å². The number of benzene rings is 2. The molecule has 0 aliphatic heterocycles. The summed E-state index contributed by atoms with van der Waals surface area (Å²) in [5.41, 5.74) is 1.81. The summed E-state index contributed by atoms with van der Waals surface area (Å²) in [5, 5.41) is 13.4. The Hall–Kier alpha value is -1.60. The molecule has 0 unspecified atom stereocenters. The van der Waals surface area contributed by atoms with Crippen LogP contribution >= 0.6 is 46.3 Å². The smallest absolute Gasteiger partial charge is 0.236 e. The monoisotopic (exact) mass is 409 g/mol. The van der Waals surface area contributed by atoms with Crippen molar-refractivity contribution in [2.75, 3.05) is 11.1 Å². The minimum atomic E-state index is -0.135. The summed E-state index contributed by atoms with van der Waals surface area (Å²) in [7, 11) is 0. The summed E-state index contributed by atoms with van der Waals surface area (Å²) in [5.74, 6) is 0.711. The lowest BCUT2D eigenvalue weighted by molar-refractivity contribution is -0.113. The fourth-order valence-electron chi connectivity index (χ4n) is 2.04. The van der Waals surface area contributed by atoms with Crippen molar-refractivity contribution in [2.24, 2.45) is 0 Å². The van der Waals surface area contributed by atoms with Gasteiger partial charge in [-0.1, -0.05) is 70.9 Å². The molecule has 0 spiro atoms. The maximum absolute atomic E-state index is 12.1. The zero-order chi connectivity index (χ0) is 17.6. The molecule has 1 N–H and O–H groups in total. The highest BCUT2D eigenvalue weighted by Gasteiger charge is 2.11. The molecule has 3 aromatic rings. The van der Waals surface area contributed by atoms with E-state index in [0.29, 0.717) is 20.9 Å². The topological polar surface area (TPSA) is 54.9 Å². The largest absolute Gasteiger partial charge is 0.300 e. The molecule has 0 saturated heterocycles. The number of rotatable bonds is 6. The van der Waals surface area contributed by atoms with Gasteiger partial charge in [-0.2, -0.15) is 0 Å². The average Bonchev–Trinajstić information content (AvgIpc) is 3.07. The van der Waals surface area contributed by atoms with Crippen LogP contribution in [0.5, 0.6) is 0 Å². The van der Waals surface area contributed by atoms with E-state index in [0.717, 1.165) is 16.1 Å². The van der Waals surface area contributed by atoms with Crippen LogP contribution in [-0.2, 0) is 10.5 Å². The number of anilines is 1. The van der Waals surface area contributed by atoms with E-state index in [1.54, 1.807) is 18.2 Å². The molecule has 3 rings (SSSR count). The van der Waals surface area contributed by atoms with Crippen molar-refractivity contribution in [3.63, 3.8) is 0 Å². The maximum Gasteiger partial charge on any atom is 0.236 e. The Morgan fingerprint density at radius 1 is 1.04 bits per heavy atom. The highest BCUT2D eigenvalue weighted by molar-refractivity contribution is 7.99. The van der Waals surface area contributed by atoms with Crippen LogP contribution in [0.2, 0.25) is 10.0 Å². The number of thioether (sulfide) groups is 1. The maximum atomic E-state index is 12.1. The van der Waals surface area contributed by atoms with Gasteiger partial charge in [-0.05, 0) is 17.7 Å². The number of carbonyl (C=O) groups is 1. The second-order valence-corrected chi connectivity index (χ2v) is 7.80. The van der Waals surface area contributed by atoms with Gasteiger partial charge >= 0.3 is 0 Å². The van der Waals surface area contributed by atoms with Gasteiger partial charge in [0.05, 0.1) is 5.75 Å². The number of hydrogen-bond donors (Lipinski definition) is 1. The van der Waals surface area contributed by atoms with Crippen LogP contribution in [0.15, 0.2) is 48.5 Å². The predicted octanol–water partition coefficient (Wildman–Crippen LogP) is 5.38. The first kappa shape index (κ1) is 18.2. The normalized spacial score (nSPS) is 10.6. The van der Waals surface area contributed by atoms with Crippen molar-refractivity contribution >= 4 is 57.3 Å². The van der Waals surface area contributed by atoms with Gasteiger partial charge in [-0.25, -0.2) is 0 Å². The molecule has 0 saturated carbocycles. The van der Waals surface area contributed by atoms with Crippen molar-refractivity contribution in [3.8, 4) is 10.6 Å². The van der Waals surface area contributed by atoms with Crippen LogP contribution in [-0.4, -0.2) is 21.9 Å². The Morgan fingerprint density at radius 3 is 2.48 bits per heavy atom. The summed E-state index contributed by atoms with van der Waals surface area (Å²) in [6, 6.07) is 15.1. The van der Waals surface area contributed by atoms with Gasteiger partial charge in [-0.15, -0.1) is 22.0 Å². The van der Waals surface area contributed by atoms with Gasteiger partial charge in [-0.3, -0.25) is 10.1 Å². The number of nitrogens with one attached hydrogen (secondary N) is 1. The summed E-state index contributed by atoms with van der Waals surface area (Å²) in [4.78, 5) is 12.1. The third-order valence-electron chi connectivity index (χ3n) is 3.23. The third kappa shape index (κ3) is 4.95. The van der Waals surface area contributed by atoms with Gasteiger partial charge in [0.15, 0.2) is 0 Å². The number of hydrogen-bond acceptors (Lipinski definition) is 5. The quantitative estimate of drug-likeness (QED) is 0.593. The molecule has 1 heterocycles. The van der Waals surface area contributed by atoms with E-state index in [4.69, 9.17) is 23.2 Å². The van der Waals surface area contributed by atoms with E-state index < -0.39 is 0 Å². The first-order valence-corrected chi connectivity index (χ1v) is 10.1. The lowest BCUT2D eigenvalue weighted by atomic mass is 10.2. The second-order valence-electron chi connectivity index (χ2n) is 5.02. The molecule has 0 aliphatic carbocycles. The van der Waals surface area contributed by atoms with E-state index in [9.17, 15) is 4.79 Å². The molecule has 4 nitrogen and oxygen atoms in total. The summed E-state index contributed by atoms with van der Waals surface area (Å²) < 4.78 is 0. The van der Waals surface area contributed by atoms with Crippen molar-refractivity contribution in [1.82, 2.24) is 10.2 Å². The fraction of sp³-hybridized carbons (Fsp3) is 0.118. The van der Waals surface area contributed by atoms with Crippen molar-refractivity contribution in [1.29, 1.82) is 0 Å². The molecule has 1 amide bonds. The van der Waals surface area contributed by atoms with Gasteiger partial charge < -0.3 is 0 Å². The summed E-state index contributed by atoms with van der Waals surface area (Å²) >= 11 is 15.0. The van der Waals surface area contributed by atoms with Crippen molar-refractivity contribution in [3.05, 3.63) is 64.1 Å². The SMILES string of the molecule is O=C(CSCc1c(Cl)cccc1Cl)Nc1nnc(-c2ccccc2)s1. The predicted molar refractivity (Wildman–Crippen MR) is 107 cm³/mol. The van der Waals surface area contributed by atoms with Gasteiger partial charge in [0.25, 0.3) is 0 Å². The molecule has 2 aromatic carbocycles. The summed E-state index contributed by atoms with van der Waals surface area (Å²) in [6.07, 6.45) is 0. The molecule has 0 bridgehead atoms. The van der Waals surface area contributed by atoms with Gasteiger partial charge in [0.2, 0.25) is 11.0 Å². The van der Waals surface area contributed by atoms with Crippen LogP contribution < -0.4 is 5.32 Å². The zero-order valence-electron chi connectivity index (χ0n) is 12.9. The molecule has 1 aromatic heterocycles. The van der Waals surface area contributed by atoms with E-state index in [-0.39, 0.29) is 11.7 Å². The zero-order valence-corrected chi connectivity index (χ0v) is 16.1. The number of amides is 1. The van der Waals surface area contributed by atoms with E-state index in [2.05, 4.69) is 15.5 Å². The minimum absolute atomic E-state index is 0.135. The van der Waals surface area contributed by atoms with Gasteiger partial charge in [0, 0.05) is 21.4 Å². The van der Waals surface area contributed by atoms with Gasteiger partial charge in [0.1, 0.15) is 5.01 Å². The summed E-state index contributed by atoms with van der Waals surface area (Å²) in [6.45, 7) is 0. The standard InChI is InChI=1S/C17H13Cl2N3OS2/c18-13-7-4-8-14(19)12(13)9-24-10-15(23)20-17-22-21-16(25-17)11-5-2-1-3-6-11/h1-8H,9-10H2,(H,20,22,23). The molecule has 8 heteroatoms. The second kappa shape index (κ2) is 8.67. The molecular weight excluding hydrogens is 397 g/mol. The Kier molecular flexibility index (Phi) is 6.31. The number of carbonyl (C=O) groups excluding carboxylic acids is 1. The van der Waals surface area contributed by atoms with E-state index >= 15 is 0 Å². The minimum Gasteiger partial charge on any atom is -0.300 e. The van der Waals surface area contributed by atoms with Crippen LogP contribution in [0.1, 0.15) is 5.56 Å². The van der Waals surface area contributed by atoms with Crippen LogP contribution in [0.4, 0.5) is 5.13 Å². The number of nitrogens with zero attached hydrogens (tertiary/aromatic N) is 2. The Bertz CT molecular complexity index is 851. The molecular formula is C17H13Cl2N3OS2. The van der Waals surface area contributed by atoms with Crippen molar-refractivity contribution in [2.45, 2.75) is 5.75 Å². The fourth-order valence-corrected chi connectivity index (χ4v) is 4.37. The molecule has 128 valence electrons. The van der Waals surface area contributed by atoms with Crippen LogP contribution in [0.25, 0.3) is 10.6 Å². The lowest BCUT2D eigenvalue weighted by Gasteiger charge is -2.06. The van der Waals surface area contributed by atoms with E-state index in [1.165, 1.54) is 23.1 Å². The Balaban J connectivity index is 1.52. The van der Waals surface area contributed by atoms with Crippen LogP contribution in [0.3, 0.4) is 0 Å². The number of halogens is 2. The first-order chi connectivity index (χ1) is 12.1. The average molecular weight is 410 g/mol. The molecule has 25 heavy (non-hydrogen) atoms.